The van der Waals surface area contributed by atoms with Gasteiger partial charge in [0, 0.05) is 6.54 Å². The van der Waals surface area contributed by atoms with Crippen molar-refractivity contribution in [3.05, 3.63) is 29.3 Å². The third kappa shape index (κ3) is 1.81. The van der Waals surface area contributed by atoms with Crippen LogP contribution >= 0.6 is 0 Å². The number of benzene rings is 1. The van der Waals surface area contributed by atoms with Gasteiger partial charge in [-0.2, -0.15) is 0 Å². The lowest BCUT2D eigenvalue weighted by Gasteiger charge is -2.50. The van der Waals surface area contributed by atoms with Gasteiger partial charge >= 0.3 is 0 Å². The van der Waals surface area contributed by atoms with Gasteiger partial charge < -0.3 is 19.5 Å². The van der Waals surface area contributed by atoms with Crippen molar-refractivity contribution < 1.29 is 14.2 Å². The van der Waals surface area contributed by atoms with Crippen molar-refractivity contribution in [2.24, 2.45) is 0 Å². The average Bonchev–Trinajstić information content (AvgIpc) is 2.36. The van der Waals surface area contributed by atoms with Crippen molar-refractivity contribution in [2.75, 3.05) is 33.5 Å². The van der Waals surface area contributed by atoms with Gasteiger partial charge in [0.05, 0.1) is 33.0 Å². The average molecular weight is 249 g/mol. The summed E-state index contributed by atoms with van der Waals surface area (Å²) in [6, 6.07) is 6.41. The predicted octanol–water partition coefficient (Wildman–Crippen LogP) is 1.43. The minimum absolute atomic E-state index is 0.169. The van der Waals surface area contributed by atoms with Crippen molar-refractivity contribution in [3.8, 4) is 5.75 Å². The molecule has 4 heteroatoms. The molecule has 0 radical (unpaired) electrons. The summed E-state index contributed by atoms with van der Waals surface area (Å²) in [7, 11) is 1.69. The summed E-state index contributed by atoms with van der Waals surface area (Å²) in [6.45, 7) is 5.11. The Hall–Kier alpha value is -1.10. The SMILES string of the molecule is COc1ccc(C2NCCOC23COC3)c(C)c1. The molecular weight excluding hydrogens is 230 g/mol. The van der Waals surface area contributed by atoms with Crippen molar-refractivity contribution >= 4 is 0 Å². The maximum atomic E-state index is 5.96. The molecule has 1 atom stereocenters. The first kappa shape index (κ1) is 12.0. The molecule has 0 bridgehead atoms. The maximum Gasteiger partial charge on any atom is 0.134 e. The molecule has 1 unspecified atom stereocenters. The summed E-state index contributed by atoms with van der Waals surface area (Å²) in [6.07, 6.45) is 0. The molecule has 3 rings (SSSR count). The summed E-state index contributed by atoms with van der Waals surface area (Å²) < 4.78 is 16.6. The smallest absolute Gasteiger partial charge is 0.134 e. The van der Waals surface area contributed by atoms with Gasteiger partial charge in [-0.3, -0.25) is 0 Å². The molecule has 2 aliphatic heterocycles. The molecule has 98 valence electrons. The number of rotatable bonds is 2. The molecule has 1 aromatic carbocycles. The van der Waals surface area contributed by atoms with E-state index in [9.17, 15) is 0 Å². The summed E-state index contributed by atoms with van der Waals surface area (Å²) >= 11 is 0. The van der Waals surface area contributed by atoms with Crippen LogP contribution < -0.4 is 10.1 Å². The van der Waals surface area contributed by atoms with E-state index in [0.717, 1.165) is 18.9 Å². The molecule has 1 spiro atoms. The Morgan fingerprint density at radius 1 is 1.39 bits per heavy atom. The number of aryl methyl sites for hydroxylation is 1. The minimum Gasteiger partial charge on any atom is -0.497 e. The molecule has 0 amide bonds. The van der Waals surface area contributed by atoms with E-state index in [-0.39, 0.29) is 11.6 Å². The highest BCUT2D eigenvalue weighted by atomic mass is 16.6. The fourth-order valence-electron chi connectivity index (χ4n) is 2.77. The lowest BCUT2D eigenvalue weighted by atomic mass is 9.83. The zero-order valence-corrected chi connectivity index (χ0v) is 10.9. The molecular formula is C14H19NO3. The zero-order chi connectivity index (χ0) is 12.6. The summed E-state index contributed by atoms with van der Waals surface area (Å²) in [5, 5.41) is 3.56. The molecule has 0 saturated carbocycles. The summed E-state index contributed by atoms with van der Waals surface area (Å²) in [5.41, 5.74) is 2.33. The quantitative estimate of drug-likeness (QED) is 0.861. The van der Waals surface area contributed by atoms with Gasteiger partial charge in [0.15, 0.2) is 0 Å². The molecule has 1 aromatic rings. The molecule has 0 aliphatic carbocycles. The summed E-state index contributed by atoms with van der Waals surface area (Å²) in [4.78, 5) is 0. The Morgan fingerprint density at radius 2 is 2.22 bits per heavy atom. The number of hydrogen-bond donors (Lipinski definition) is 1. The van der Waals surface area contributed by atoms with E-state index < -0.39 is 0 Å². The number of morpholine rings is 1. The molecule has 18 heavy (non-hydrogen) atoms. The van der Waals surface area contributed by atoms with Crippen LogP contribution in [-0.2, 0) is 9.47 Å². The molecule has 2 saturated heterocycles. The Bertz CT molecular complexity index is 443. The molecule has 2 fully saturated rings. The first-order valence-corrected chi connectivity index (χ1v) is 6.35. The van der Waals surface area contributed by atoms with E-state index >= 15 is 0 Å². The van der Waals surface area contributed by atoms with Gasteiger partial charge in [0.2, 0.25) is 0 Å². The van der Waals surface area contributed by atoms with Gasteiger partial charge in [0.25, 0.3) is 0 Å². The van der Waals surface area contributed by atoms with Crippen LogP contribution in [-0.4, -0.2) is 39.1 Å². The molecule has 2 heterocycles. The Kier molecular flexibility index (Phi) is 3.01. The van der Waals surface area contributed by atoms with E-state index in [1.807, 2.05) is 6.07 Å². The normalized spacial score (nSPS) is 25.8. The number of hydrogen-bond acceptors (Lipinski definition) is 4. The van der Waals surface area contributed by atoms with Gasteiger partial charge in [-0.25, -0.2) is 0 Å². The highest BCUT2D eigenvalue weighted by Gasteiger charge is 2.49. The first-order chi connectivity index (χ1) is 8.75. The highest BCUT2D eigenvalue weighted by molar-refractivity contribution is 5.38. The fourth-order valence-corrected chi connectivity index (χ4v) is 2.77. The van der Waals surface area contributed by atoms with Gasteiger partial charge in [-0.05, 0) is 30.2 Å². The molecule has 4 nitrogen and oxygen atoms in total. The van der Waals surface area contributed by atoms with Gasteiger partial charge in [-0.1, -0.05) is 6.07 Å². The van der Waals surface area contributed by atoms with Gasteiger partial charge in [0.1, 0.15) is 11.4 Å². The van der Waals surface area contributed by atoms with Crippen molar-refractivity contribution in [1.82, 2.24) is 5.32 Å². The Labute approximate surface area is 107 Å². The van der Waals surface area contributed by atoms with Crippen LogP contribution in [0.2, 0.25) is 0 Å². The fraction of sp³-hybridized carbons (Fsp3) is 0.571. The van der Waals surface area contributed by atoms with E-state index in [2.05, 4.69) is 24.4 Å². The Balaban J connectivity index is 1.92. The second kappa shape index (κ2) is 4.53. The van der Waals surface area contributed by atoms with Crippen LogP contribution in [0.1, 0.15) is 17.2 Å². The topological polar surface area (TPSA) is 39.7 Å². The number of nitrogens with one attached hydrogen (secondary N) is 1. The Morgan fingerprint density at radius 3 is 2.83 bits per heavy atom. The lowest BCUT2D eigenvalue weighted by molar-refractivity contribution is -0.239. The van der Waals surface area contributed by atoms with Crippen LogP contribution in [0, 0.1) is 6.92 Å². The zero-order valence-electron chi connectivity index (χ0n) is 10.9. The van der Waals surface area contributed by atoms with E-state index in [4.69, 9.17) is 14.2 Å². The first-order valence-electron chi connectivity index (χ1n) is 6.35. The molecule has 1 N–H and O–H groups in total. The highest BCUT2D eigenvalue weighted by Crippen LogP contribution is 2.39. The largest absolute Gasteiger partial charge is 0.497 e. The van der Waals surface area contributed by atoms with E-state index in [0.29, 0.717) is 13.2 Å². The van der Waals surface area contributed by atoms with Crippen LogP contribution in [0.5, 0.6) is 5.75 Å². The summed E-state index contributed by atoms with van der Waals surface area (Å²) in [5.74, 6) is 0.895. The second-order valence-corrected chi connectivity index (χ2v) is 5.02. The van der Waals surface area contributed by atoms with E-state index in [1.54, 1.807) is 7.11 Å². The van der Waals surface area contributed by atoms with Crippen molar-refractivity contribution in [2.45, 2.75) is 18.6 Å². The lowest BCUT2D eigenvalue weighted by Crippen LogP contribution is -2.63. The maximum absolute atomic E-state index is 5.96. The number of ether oxygens (including phenoxy) is 3. The van der Waals surface area contributed by atoms with Gasteiger partial charge in [-0.15, -0.1) is 0 Å². The molecule has 0 aromatic heterocycles. The van der Waals surface area contributed by atoms with Crippen LogP contribution in [0.3, 0.4) is 0 Å². The molecule has 2 aliphatic rings. The predicted molar refractivity (Wildman–Crippen MR) is 68.0 cm³/mol. The van der Waals surface area contributed by atoms with Crippen LogP contribution in [0.25, 0.3) is 0 Å². The monoisotopic (exact) mass is 249 g/mol. The minimum atomic E-state index is -0.169. The van der Waals surface area contributed by atoms with E-state index in [1.165, 1.54) is 11.1 Å². The number of methoxy groups -OCH3 is 1. The third-order valence-electron chi connectivity index (χ3n) is 3.85. The van der Waals surface area contributed by atoms with Crippen molar-refractivity contribution in [1.29, 1.82) is 0 Å². The second-order valence-electron chi connectivity index (χ2n) is 5.02. The third-order valence-corrected chi connectivity index (χ3v) is 3.85. The van der Waals surface area contributed by atoms with Crippen LogP contribution in [0.15, 0.2) is 18.2 Å². The standard InChI is InChI=1S/C14H19NO3/c1-10-7-11(16-2)3-4-12(10)13-14(8-17-9-14)18-6-5-15-13/h3-4,7,13,15H,5-6,8-9H2,1-2H3. The van der Waals surface area contributed by atoms with Crippen LogP contribution in [0.4, 0.5) is 0 Å². The van der Waals surface area contributed by atoms with Crippen molar-refractivity contribution in [3.63, 3.8) is 0 Å².